The molecule has 0 saturated heterocycles. The van der Waals surface area contributed by atoms with Crippen molar-refractivity contribution in [1.82, 2.24) is 4.57 Å². The number of hydrogen-bond acceptors (Lipinski definition) is 1. The zero-order valence-electron chi connectivity index (χ0n) is 9.84. The van der Waals surface area contributed by atoms with Crippen LogP contribution < -0.4 is 5.56 Å². The minimum absolute atomic E-state index is 0.0296. The molecule has 0 fully saturated rings. The molecule has 2 aromatic rings. The van der Waals surface area contributed by atoms with Gasteiger partial charge in [-0.1, -0.05) is 42.5 Å². The van der Waals surface area contributed by atoms with Crippen LogP contribution >= 0.6 is 0 Å². The summed E-state index contributed by atoms with van der Waals surface area (Å²) in [5.41, 5.74) is 2.46. The van der Waals surface area contributed by atoms with E-state index < -0.39 is 0 Å². The summed E-state index contributed by atoms with van der Waals surface area (Å²) in [6, 6.07) is 13.4. The Morgan fingerprint density at radius 2 is 1.88 bits per heavy atom. The lowest BCUT2D eigenvalue weighted by Gasteiger charge is -2.01. The molecule has 2 heteroatoms. The number of aromatic nitrogens is 1. The molecule has 1 aromatic carbocycles. The van der Waals surface area contributed by atoms with Gasteiger partial charge in [-0.05, 0) is 24.1 Å². The summed E-state index contributed by atoms with van der Waals surface area (Å²) in [5.74, 6) is 0. The maximum atomic E-state index is 11.5. The first kappa shape index (κ1) is 11.4. The van der Waals surface area contributed by atoms with E-state index in [-0.39, 0.29) is 5.56 Å². The van der Waals surface area contributed by atoms with Crippen LogP contribution in [0.3, 0.4) is 0 Å². The second kappa shape index (κ2) is 5.30. The summed E-state index contributed by atoms with van der Waals surface area (Å²) in [7, 11) is 0. The molecular weight excluding hydrogens is 210 g/mol. The van der Waals surface area contributed by atoms with Crippen LogP contribution in [0.4, 0.5) is 0 Å². The van der Waals surface area contributed by atoms with Crippen molar-refractivity contribution in [3.05, 3.63) is 76.2 Å². The Labute approximate surface area is 101 Å². The van der Waals surface area contributed by atoms with Crippen LogP contribution in [-0.2, 0) is 6.54 Å². The van der Waals surface area contributed by atoms with E-state index in [1.165, 1.54) is 11.1 Å². The Morgan fingerprint density at radius 1 is 1.12 bits per heavy atom. The SMILES string of the molecule is Cc1ccccc1/C=C/Cn1ccccc1=O. The van der Waals surface area contributed by atoms with Crippen molar-refractivity contribution in [3.63, 3.8) is 0 Å². The predicted octanol–water partition coefficient (Wildman–Crippen LogP) is 2.87. The molecule has 86 valence electrons. The van der Waals surface area contributed by atoms with E-state index in [2.05, 4.69) is 25.1 Å². The van der Waals surface area contributed by atoms with Gasteiger partial charge in [-0.2, -0.15) is 0 Å². The van der Waals surface area contributed by atoms with Gasteiger partial charge in [0.15, 0.2) is 0 Å². The van der Waals surface area contributed by atoms with E-state index in [1.54, 1.807) is 22.9 Å². The Kier molecular flexibility index (Phi) is 3.55. The molecule has 1 heterocycles. The summed E-state index contributed by atoms with van der Waals surface area (Å²) in [6.45, 7) is 2.68. The molecule has 1 aromatic heterocycles. The number of allylic oxidation sites excluding steroid dienone is 1. The van der Waals surface area contributed by atoms with Crippen LogP contribution in [0.15, 0.2) is 59.5 Å². The van der Waals surface area contributed by atoms with E-state index in [9.17, 15) is 4.79 Å². The topological polar surface area (TPSA) is 22.0 Å². The maximum absolute atomic E-state index is 11.5. The summed E-state index contributed by atoms with van der Waals surface area (Å²) in [6.07, 6.45) is 5.85. The van der Waals surface area contributed by atoms with Crippen LogP contribution in [0.5, 0.6) is 0 Å². The summed E-state index contributed by atoms with van der Waals surface area (Å²) >= 11 is 0. The number of aryl methyl sites for hydroxylation is 1. The average Bonchev–Trinajstić information content (AvgIpc) is 2.34. The Bertz CT molecular complexity index is 581. The smallest absolute Gasteiger partial charge is 0.250 e. The highest BCUT2D eigenvalue weighted by atomic mass is 16.1. The lowest BCUT2D eigenvalue weighted by Crippen LogP contribution is -2.16. The Morgan fingerprint density at radius 3 is 2.65 bits per heavy atom. The molecule has 2 rings (SSSR count). The Hall–Kier alpha value is -2.09. The second-order valence-corrected chi connectivity index (χ2v) is 3.95. The number of rotatable bonds is 3. The van der Waals surface area contributed by atoms with Gasteiger partial charge >= 0.3 is 0 Å². The van der Waals surface area contributed by atoms with E-state index in [0.29, 0.717) is 6.54 Å². The standard InChI is InChI=1S/C15H15NO/c1-13-7-2-3-8-14(13)9-6-12-16-11-5-4-10-15(16)17/h2-11H,12H2,1H3/b9-6+. The van der Waals surface area contributed by atoms with Gasteiger partial charge in [-0.3, -0.25) is 4.79 Å². The molecule has 0 radical (unpaired) electrons. The molecule has 0 N–H and O–H groups in total. The predicted molar refractivity (Wildman–Crippen MR) is 70.9 cm³/mol. The highest BCUT2D eigenvalue weighted by Gasteiger charge is 1.92. The van der Waals surface area contributed by atoms with Gasteiger partial charge in [0, 0.05) is 18.8 Å². The monoisotopic (exact) mass is 225 g/mol. The normalized spacial score (nSPS) is 10.9. The highest BCUT2D eigenvalue weighted by Crippen LogP contribution is 2.08. The molecule has 0 spiro atoms. The first-order chi connectivity index (χ1) is 8.27. The second-order valence-electron chi connectivity index (χ2n) is 3.95. The van der Waals surface area contributed by atoms with Crippen LogP contribution in [0.25, 0.3) is 6.08 Å². The molecule has 0 aliphatic heterocycles. The molecule has 0 aliphatic rings. The van der Waals surface area contributed by atoms with Crippen molar-refractivity contribution < 1.29 is 0 Å². The fourth-order valence-electron chi connectivity index (χ4n) is 1.68. The highest BCUT2D eigenvalue weighted by molar-refractivity contribution is 5.53. The molecule has 0 saturated carbocycles. The van der Waals surface area contributed by atoms with Gasteiger partial charge in [0.1, 0.15) is 0 Å². The van der Waals surface area contributed by atoms with Crippen molar-refractivity contribution in [3.8, 4) is 0 Å². The fourth-order valence-corrected chi connectivity index (χ4v) is 1.68. The van der Waals surface area contributed by atoms with Crippen LogP contribution in [0.1, 0.15) is 11.1 Å². The largest absolute Gasteiger partial charge is 0.312 e. The van der Waals surface area contributed by atoms with Crippen molar-refractivity contribution in [2.24, 2.45) is 0 Å². The molecule has 2 nitrogen and oxygen atoms in total. The number of nitrogens with zero attached hydrogens (tertiary/aromatic N) is 1. The number of hydrogen-bond donors (Lipinski definition) is 0. The van der Waals surface area contributed by atoms with E-state index in [0.717, 1.165) is 0 Å². The maximum Gasteiger partial charge on any atom is 0.250 e. The van der Waals surface area contributed by atoms with Crippen molar-refractivity contribution in [2.75, 3.05) is 0 Å². The molecule has 0 atom stereocenters. The van der Waals surface area contributed by atoms with Gasteiger partial charge in [-0.15, -0.1) is 0 Å². The summed E-state index contributed by atoms with van der Waals surface area (Å²) in [5, 5.41) is 0. The summed E-state index contributed by atoms with van der Waals surface area (Å²) < 4.78 is 1.68. The molecule has 0 aliphatic carbocycles. The third-order valence-corrected chi connectivity index (χ3v) is 2.69. The minimum Gasteiger partial charge on any atom is -0.312 e. The van der Waals surface area contributed by atoms with E-state index in [1.807, 2.05) is 24.3 Å². The first-order valence-electron chi connectivity index (χ1n) is 5.65. The number of benzene rings is 1. The summed E-state index contributed by atoms with van der Waals surface area (Å²) in [4.78, 5) is 11.5. The lowest BCUT2D eigenvalue weighted by atomic mass is 10.1. The van der Waals surface area contributed by atoms with Crippen molar-refractivity contribution >= 4 is 6.08 Å². The van der Waals surface area contributed by atoms with Crippen molar-refractivity contribution in [2.45, 2.75) is 13.5 Å². The van der Waals surface area contributed by atoms with Crippen LogP contribution in [0, 0.1) is 6.92 Å². The lowest BCUT2D eigenvalue weighted by molar-refractivity contribution is 0.781. The van der Waals surface area contributed by atoms with Crippen LogP contribution in [0.2, 0.25) is 0 Å². The quantitative estimate of drug-likeness (QED) is 0.787. The average molecular weight is 225 g/mol. The zero-order chi connectivity index (χ0) is 12.1. The van der Waals surface area contributed by atoms with Crippen LogP contribution in [-0.4, -0.2) is 4.57 Å². The third-order valence-electron chi connectivity index (χ3n) is 2.69. The zero-order valence-corrected chi connectivity index (χ0v) is 9.84. The van der Waals surface area contributed by atoms with E-state index in [4.69, 9.17) is 0 Å². The molecular formula is C15H15NO. The molecule has 0 bridgehead atoms. The molecule has 0 amide bonds. The minimum atomic E-state index is 0.0296. The Balaban J connectivity index is 2.11. The molecule has 0 unspecified atom stereocenters. The third kappa shape index (κ3) is 2.94. The van der Waals surface area contributed by atoms with Gasteiger partial charge in [-0.25, -0.2) is 0 Å². The number of pyridine rings is 1. The molecule has 17 heavy (non-hydrogen) atoms. The van der Waals surface area contributed by atoms with E-state index >= 15 is 0 Å². The van der Waals surface area contributed by atoms with Gasteiger partial charge < -0.3 is 4.57 Å². The van der Waals surface area contributed by atoms with Gasteiger partial charge in [0.05, 0.1) is 0 Å². The first-order valence-corrected chi connectivity index (χ1v) is 5.65. The van der Waals surface area contributed by atoms with Gasteiger partial charge in [0.25, 0.3) is 5.56 Å². The van der Waals surface area contributed by atoms with Gasteiger partial charge in [0.2, 0.25) is 0 Å². The van der Waals surface area contributed by atoms with Crippen molar-refractivity contribution in [1.29, 1.82) is 0 Å². The fraction of sp³-hybridized carbons (Fsp3) is 0.133.